The molecule has 3 rings (SSSR count). The first-order valence-electron chi connectivity index (χ1n) is 7.76. The van der Waals surface area contributed by atoms with Gasteiger partial charge in [-0.25, -0.2) is 5.43 Å². The van der Waals surface area contributed by atoms with Crippen LogP contribution in [0.5, 0.6) is 0 Å². The minimum absolute atomic E-state index is 0.232. The van der Waals surface area contributed by atoms with E-state index in [2.05, 4.69) is 27.2 Å². The van der Waals surface area contributed by atoms with Gasteiger partial charge in [0.05, 0.1) is 11.9 Å². The first kappa shape index (κ1) is 15.8. The number of rotatable bonds is 4. The predicted octanol–water partition coefficient (Wildman–Crippen LogP) is 3.20. The molecular weight excluding hydrogens is 300 g/mol. The van der Waals surface area contributed by atoms with Crippen LogP contribution in [0, 0.1) is 13.8 Å². The molecule has 0 saturated heterocycles. The Morgan fingerprint density at radius 1 is 1.08 bits per heavy atom. The Balaban J connectivity index is 1.78. The molecule has 0 spiro atoms. The molecule has 0 unspecified atom stereocenters. The standard InChI is InChI=1S/C19H20N4O/c1-14-9-10-15(2)23(14)17-7-4-6-16(12-17)19(24)21-20-13-18-8-5-11-22(18)3/h4-13H,1-3H3,(H,21,24)/b20-13-. The predicted molar refractivity (Wildman–Crippen MR) is 95.7 cm³/mol. The lowest BCUT2D eigenvalue weighted by Gasteiger charge is -2.10. The van der Waals surface area contributed by atoms with Crippen molar-refractivity contribution >= 4 is 12.1 Å². The van der Waals surface area contributed by atoms with Crippen LogP contribution in [0.4, 0.5) is 0 Å². The first-order chi connectivity index (χ1) is 11.6. The van der Waals surface area contributed by atoms with Gasteiger partial charge in [0, 0.05) is 35.9 Å². The molecule has 3 aromatic rings. The third kappa shape index (κ3) is 3.15. The van der Waals surface area contributed by atoms with Crippen molar-refractivity contribution in [1.82, 2.24) is 14.6 Å². The summed E-state index contributed by atoms with van der Waals surface area (Å²) in [6.45, 7) is 4.09. The van der Waals surface area contributed by atoms with E-state index in [-0.39, 0.29) is 5.91 Å². The molecule has 2 heterocycles. The lowest BCUT2D eigenvalue weighted by molar-refractivity contribution is 0.0955. The van der Waals surface area contributed by atoms with E-state index in [1.165, 1.54) is 0 Å². The van der Waals surface area contributed by atoms with Gasteiger partial charge in [-0.1, -0.05) is 6.07 Å². The number of benzene rings is 1. The van der Waals surface area contributed by atoms with E-state index in [9.17, 15) is 4.79 Å². The number of carbonyl (C=O) groups excluding carboxylic acids is 1. The number of hydrazone groups is 1. The third-order valence-corrected chi connectivity index (χ3v) is 3.98. The normalized spacial score (nSPS) is 11.1. The quantitative estimate of drug-likeness (QED) is 0.582. The van der Waals surface area contributed by atoms with Gasteiger partial charge < -0.3 is 9.13 Å². The molecule has 122 valence electrons. The maximum absolute atomic E-state index is 12.3. The maximum atomic E-state index is 12.3. The Morgan fingerprint density at radius 2 is 1.83 bits per heavy atom. The topological polar surface area (TPSA) is 51.3 Å². The van der Waals surface area contributed by atoms with E-state index in [4.69, 9.17) is 0 Å². The molecule has 5 nitrogen and oxygen atoms in total. The number of carbonyl (C=O) groups is 1. The third-order valence-electron chi connectivity index (χ3n) is 3.98. The molecular formula is C19H20N4O. The highest BCUT2D eigenvalue weighted by Gasteiger charge is 2.08. The summed E-state index contributed by atoms with van der Waals surface area (Å²) in [5, 5.41) is 4.03. The Labute approximate surface area is 141 Å². The number of hydrogen-bond donors (Lipinski definition) is 1. The van der Waals surface area contributed by atoms with Crippen molar-refractivity contribution < 1.29 is 4.79 Å². The molecule has 0 aliphatic heterocycles. The van der Waals surface area contributed by atoms with Gasteiger partial charge in [0.15, 0.2) is 0 Å². The van der Waals surface area contributed by atoms with Crippen LogP contribution < -0.4 is 5.43 Å². The van der Waals surface area contributed by atoms with Crippen LogP contribution in [0.3, 0.4) is 0 Å². The van der Waals surface area contributed by atoms with Gasteiger partial charge in [0.1, 0.15) is 0 Å². The van der Waals surface area contributed by atoms with Gasteiger partial charge >= 0.3 is 0 Å². The molecule has 2 aromatic heterocycles. The molecule has 0 atom stereocenters. The van der Waals surface area contributed by atoms with Crippen molar-refractivity contribution in [1.29, 1.82) is 0 Å². The molecule has 1 aromatic carbocycles. The van der Waals surface area contributed by atoms with Crippen LogP contribution in [0.2, 0.25) is 0 Å². The SMILES string of the molecule is Cc1ccc(C)n1-c1cccc(C(=O)N/N=C\c2cccn2C)c1. The van der Waals surface area contributed by atoms with Crippen LogP contribution in [-0.2, 0) is 7.05 Å². The second-order valence-electron chi connectivity index (χ2n) is 5.74. The van der Waals surface area contributed by atoms with Crippen molar-refractivity contribution in [3.8, 4) is 5.69 Å². The Kier molecular flexibility index (Phi) is 4.33. The fourth-order valence-electron chi connectivity index (χ4n) is 2.69. The zero-order valence-corrected chi connectivity index (χ0v) is 14.0. The molecule has 0 aliphatic carbocycles. The molecule has 5 heteroatoms. The van der Waals surface area contributed by atoms with Crippen molar-refractivity contribution in [2.45, 2.75) is 13.8 Å². The Morgan fingerprint density at radius 3 is 2.50 bits per heavy atom. The van der Waals surface area contributed by atoms with Gasteiger partial charge in [-0.15, -0.1) is 0 Å². The second-order valence-corrected chi connectivity index (χ2v) is 5.74. The minimum Gasteiger partial charge on any atom is -0.350 e. The highest BCUT2D eigenvalue weighted by Crippen LogP contribution is 2.17. The van der Waals surface area contributed by atoms with Crippen molar-refractivity contribution in [2.75, 3.05) is 0 Å². The lowest BCUT2D eigenvalue weighted by atomic mass is 10.2. The van der Waals surface area contributed by atoms with Gasteiger partial charge in [0.25, 0.3) is 5.91 Å². The zero-order valence-electron chi connectivity index (χ0n) is 14.0. The minimum atomic E-state index is -0.232. The molecule has 0 radical (unpaired) electrons. The first-order valence-corrected chi connectivity index (χ1v) is 7.76. The van der Waals surface area contributed by atoms with E-state index in [0.29, 0.717) is 5.56 Å². The average Bonchev–Trinajstić information content (AvgIpc) is 3.13. The summed E-state index contributed by atoms with van der Waals surface area (Å²) in [6.07, 6.45) is 3.55. The molecule has 24 heavy (non-hydrogen) atoms. The summed E-state index contributed by atoms with van der Waals surface area (Å²) in [4.78, 5) is 12.3. The van der Waals surface area contributed by atoms with Crippen molar-refractivity contribution in [3.63, 3.8) is 0 Å². The highest BCUT2D eigenvalue weighted by molar-refractivity contribution is 5.95. The highest BCUT2D eigenvalue weighted by atomic mass is 16.2. The van der Waals surface area contributed by atoms with Crippen LogP contribution >= 0.6 is 0 Å². The largest absolute Gasteiger partial charge is 0.350 e. The van der Waals surface area contributed by atoms with Crippen molar-refractivity contribution in [2.24, 2.45) is 12.1 Å². The summed E-state index contributed by atoms with van der Waals surface area (Å²) in [6, 6.07) is 15.5. The smallest absolute Gasteiger partial charge is 0.271 e. The van der Waals surface area contributed by atoms with Crippen LogP contribution in [-0.4, -0.2) is 21.3 Å². The summed E-state index contributed by atoms with van der Waals surface area (Å²) in [5.74, 6) is -0.232. The van der Waals surface area contributed by atoms with E-state index < -0.39 is 0 Å². The van der Waals surface area contributed by atoms with E-state index in [0.717, 1.165) is 22.8 Å². The van der Waals surface area contributed by atoms with Gasteiger partial charge in [-0.2, -0.15) is 5.10 Å². The summed E-state index contributed by atoms with van der Waals surface area (Å²) < 4.78 is 4.04. The second kappa shape index (κ2) is 6.58. The Hall–Kier alpha value is -3.08. The van der Waals surface area contributed by atoms with Crippen LogP contribution in [0.1, 0.15) is 27.4 Å². The molecule has 0 aliphatic rings. The monoisotopic (exact) mass is 320 g/mol. The van der Waals surface area contributed by atoms with Gasteiger partial charge in [-0.05, 0) is 56.3 Å². The molecule has 1 N–H and O–H groups in total. The maximum Gasteiger partial charge on any atom is 0.271 e. The number of amides is 1. The summed E-state index contributed by atoms with van der Waals surface area (Å²) in [5.41, 5.74) is 7.30. The fourth-order valence-corrected chi connectivity index (χ4v) is 2.69. The number of aryl methyl sites for hydroxylation is 3. The zero-order chi connectivity index (χ0) is 17.1. The van der Waals surface area contributed by atoms with Gasteiger partial charge in [0.2, 0.25) is 0 Å². The summed E-state index contributed by atoms with van der Waals surface area (Å²) >= 11 is 0. The van der Waals surface area contributed by atoms with Crippen LogP contribution in [0.15, 0.2) is 59.8 Å². The number of nitrogens with one attached hydrogen (secondary N) is 1. The van der Waals surface area contributed by atoms with E-state index >= 15 is 0 Å². The summed E-state index contributed by atoms with van der Waals surface area (Å²) in [7, 11) is 1.92. The molecule has 0 bridgehead atoms. The van der Waals surface area contributed by atoms with Crippen LogP contribution in [0.25, 0.3) is 5.69 Å². The molecule has 0 saturated carbocycles. The Bertz CT molecular complexity index is 882. The number of nitrogens with zero attached hydrogens (tertiary/aromatic N) is 3. The molecule has 0 fully saturated rings. The lowest BCUT2D eigenvalue weighted by Crippen LogP contribution is -2.18. The van der Waals surface area contributed by atoms with E-state index in [1.807, 2.05) is 62.0 Å². The van der Waals surface area contributed by atoms with Gasteiger partial charge in [-0.3, -0.25) is 4.79 Å². The van der Waals surface area contributed by atoms with E-state index in [1.54, 1.807) is 12.3 Å². The van der Waals surface area contributed by atoms with Crippen molar-refractivity contribution in [3.05, 3.63) is 77.4 Å². The fraction of sp³-hybridized carbons (Fsp3) is 0.158. The number of hydrogen-bond acceptors (Lipinski definition) is 2. The number of aromatic nitrogens is 2. The molecule has 1 amide bonds. The average molecular weight is 320 g/mol.